The number of amides is 1. The van der Waals surface area contributed by atoms with Gasteiger partial charge in [-0.1, -0.05) is 57.7 Å². The van der Waals surface area contributed by atoms with E-state index >= 15 is 0 Å². The zero-order valence-electron chi connectivity index (χ0n) is 16.5. The second-order valence-corrected chi connectivity index (χ2v) is 6.59. The second kappa shape index (κ2) is 12.0. The normalized spacial score (nSPS) is 10.4. The maximum absolute atomic E-state index is 12.7. The molecule has 1 N–H and O–H groups in total. The molecule has 146 valence electrons. The van der Waals surface area contributed by atoms with Crippen LogP contribution in [0.1, 0.15) is 62.7 Å². The molecule has 2 rings (SSSR count). The molecule has 0 heterocycles. The number of carbonyl (C=O) groups excluding carboxylic acids is 1. The van der Waals surface area contributed by atoms with Gasteiger partial charge in [0, 0.05) is 11.8 Å². The van der Waals surface area contributed by atoms with E-state index in [1.165, 1.54) is 19.3 Å². The van der Waals surface area contributed by atoms with Crippen molar-refractivity contribution in [2.24, 2.45) is 0 Å². The second-order valence-electron chi connectivity index (χ2n) is 6.59. The molecule has 27 heavy (non-hydrogen) atoms. The van der Waals surface area contributed by atoms with Crippen molar-refractivity contribution in [1.82, 2.24) is 0 Å². The first-order valence-electron chi connectivity index (χ1n) is 10.0. The molecule has 4 heteroatoms. The molecule has 0 aliphatic heterocycles. The van der Waals surface area contributed by atoms with Crippen molar-refractivity contribution < 1.29 is 14.3 Å². The van der Waals surface area contributed by atoms with E-state index < -0.39 is 0 Å². The molecule has 0 aromatic heterocycles. The Labute approximate surface area is 162 Å². The number of benzene rings is 2. The first-order valence-corrected chi connectivity index (χ1v) is 10.0. The number of nitrogens with one attached hydrogen (secondary N) is 1. The van der Waals surface area contributed by atoms with Crippen molar-refractivity contribution in [3.8, 4) is 11.5 Å². The molecular weight excluding hydrogens is 338 g/mol. The van der Waals surface area contributed by atoms with Crippen molar-refractivity contribution in [2.75, 3.05) is 18.5 Å². The van der Waals surface area contributed by atoms with E-state index in [1.807, 2.05) is 42.5 Å². The minimum Gasteiger partial charge on any atom is -0.494 e. The smallest absolute Gasteiger partial charge is 0.259 e. The lowest BCUT2D eigenvalue weighted by Gasteiger charge is -2.12. The number of hydrogen-bond acceptors (Lipinski definition) is 3. The third kappa shape index (κ3) is 7.33. The average Bonchev–Trinajstić information content (AvgIpc) is 2.69. The molecule has 2 aromatic rings. The Balaban J connectivity index is 1.94. The number of hydrogen-bond donors (Lipinski definition) is 1. The molecule has 0 spiro atoms. The summed E-state index contributed by atoms with van der Waals surface area (Å²) in [6.45, 7) is 5.62. The Hall–Kier alpha value is -2.49. The number of unbranched alkanes of at least 4 members (excludes halogenated alkanes) is 4. The summed E-state index contributed by atoms with van der Waals surface area (Å²) in [5.41, 5.74) is 1.26. The monoisotopic (exact) mass is 369 g/mol. The summed E-state index contributed by atoms with van der Waals surface area (Å²) in [5.74, 6) is 1.21. The maximum atomic E-state index is 12.7. The van der Waals surface area contributed by atoms with E-state index in [0.717, 1.165) is 30.7 Å². The van der Waals surface area contributed by atoms with Gasteiger partial charge in [-0.05, 0) is 37.1 Å². The lowest BCUT2D eigenvalue weighted by Crippen LogP contribution is -2.14. The third-order valence-electron chi connectivity index (χ3n) is 4.25. The highest BCUT2D eigenvalue weighted by atomic mass is 16.5. The zero-order valence-corrected chi connectivity index (χ0v) is 16.5. The molecule has 0 aliphatic rings. The maximum Gasteiger partial charge on any atom is 0.259 e. The minimum absolute atomic E-state index is 0.179. The largest absolute Gasteiger partial charge is 0.494 e. The highest BCUT2D eigenvalue weighted by Crippen LogP contribution is 2.22. The van der Waals surface area contributed by atoms with Crippen LogP contribution in [-0.4, -0.2) is 19.1 Å². The Morgan fingerprint density at radius 1 is 0.852 bits per heavy atom. The fraction of sp³-hybridized carbons (Fsp3) is 0.435. The molecule has 0 fully saturated rings. The highest BCUT2D eigenvalue weighted by molar-refractivity contribution is 6.06. The number of anilines is 1. The van der Waals surface area contributed by atoms with Crippen LogP contribution in [0, 0.1) is 0 Å². The predicted octanol–water partition coefficient (Wildman–Crippen LogP) is 6.08. The van der Waals surface area contributed by atoms with Gasteiger partial charge in [-0.2, -0.15) is 0 Å². The molecule has 0 aliphatic carbocycles. The van der Waals surface area contributed by atoms with Gasteiger partial charge >= 0.3 is 0 Å². The predicted molar refractivity (Wildman–Crippen MR) is 111 cm³/mol. The van der Waals surface area contributed by atoms with Gasteiger partial charge in [-0.15, -0.1) is 0 Å². The first-order chi connectivity index (χ1) is 13.2. The van der Waals surface area contributed by atoms with Gasteiger partial charge in [0.1, 0.15) is 11.5 Å². The lowest BCUT2D eigenvalue weighted by molar-refractivity contribution is 0.102. The first kappa shape index (κ1) is 20.8. The van der Waals surface area contributed by atoms with Crippen LogP contribution in [0.5, 0.6) is 11.5 Å². The van der Waals surface area contributed by atoms with Gasteiger partial charge < -0.3 is 14.8 Å². The third-order valence-corrected chi connectivity index (χ3v) is 4.25. The van der Waals surface area contributed by atoms with Gasteiger partial charge in [0.15, 0.2) is 0 Å². The van der Waals surface area contributed by atoms with Gasteiger partial charge in [0.05, 0.1) is 18.8 Å². The Bertz CT molecular complexity index is 700. The van der Waals surface area contributed by atoms with E-state index in [1.54, 1.807) is 6.07 Å². The van der Waals surface area contributed by atoms with Crippen molar-refractivity contribution >= 4 is 11.6 Å². The molecule has 2 aromatic carbocycles. The zero-order chi connectivity index (χ0) is 19.3. The van der Waals surface area contributed by atoms with Crippen LogP contribution in [0.2, 0.25) is 0 Å². The summed E-state index contributed by atoms with van der Waals surface area (Å²) in [4.78, 5) is 12.7. The van der Waals surface area contributed by atoms with Gasteiger partial charge in [0.25, 0.3) is 5.91 Å². The number of rotatable bonds is 12. The molecule has 1 amide bonds. The van der Waals surface area contributed by atoms with E-state index in [4.69, 9.17) is 9.47 Å². The van der Waals surface area contributed by atoms with Crippen molar-refractivity contribution in [3.05, 3.63) is 54.1 Å². The van der Waals surface area contributed by atoms with Crippen LogP contribution in [0.4, 0.5) is 5.69 Å². The topological polar surface area (TPSA) is 47.6 Å². The fourth-order valence-corrected chi connectivity index (χ4v) is 2.69. The van der Waals surface area contributed by atoms with Crippen LogP contribution < -0.4 is 14.8 Å². The molecule has 0 radical (unpaired) electrons. The van der Waals surface area contributed by atoms with Crippen LogP contribution >= 0.6 is 0 Å². The summed E-state index contributed by atoms with van der Waals surface area (Å²) < 4.78 is 11.6. The Morgan fingerprint density at radius 2 is 1.63 bits per heavy atom. The Morgan fingerprint density at radius 3 is 2.44 bits per heavy atom. The number of ether oxygens (including phenoxy) is 2. The van der Waals surface area contributed by atoms with Crippen LogP contribution in [0.15, 0.2) is 48.5 Å². The van der Waals surface area contributed by atoms with Crippen molar-refractivity contribution in [3.63, 3.8) is 0 Å². The fourth-order valence-electron chi connectivity index (χ4n) is 2.69. The number of para-hydroxylation sites is 1. The summed E-state index contributed by atoms with van der Waals surface area (Å²) in [6.07, 6.45) is 6.70. The van der Waals surface area contributed by atoms with Gasteiger partial charge in [-0.25, -0.2) is 0 Å². The summed E-state index contributed by atoms with van der Waals surface area (Å²) in [7, 11) is 0. The molecule has 0 saturated heterocycles. The lowest BCUT2D eigenvalue weighted by atomic mass is 10.1. The SMILES string of the molecule is CCCCCCOc1cccc(NC(=O)c2ccccc2OCCCC)c1. The molecule has 0 saturated carbocycles. The highest BCUT2D eigenvalue weighted by Gasteiger charge is 2.12. The van der Waals surface area contributed by atoms with Gasteiger partial charge in [0.2, 0.25) is 0 Å². The van der Waals surface area contributed by atoms with E-state index in [-0.39, 0.29) is 5.91 Å². The van der Waals surface area contributed by atoms with Crippen LogP contribution in [0.25, 0.3) is 0 Å². The van der Waals surface area contributed by atoms with Gasteiger partial charge in [-0.3, -0.25) is 4.79 Å². The van der Waals surface area contributed by atoms with Crippen molar-refractivity contribution in [2.45, 2.75) is 52.4 Å². The van der Waals surface area contributed by atoms with E-state index in [0.29, 0.717) is 24.5 Å². The molecular formula is C23H31NO3. The standard InChI is InChI=1S/C23H31NO3/c1-3-5-7-10-17-26-20-13-11-12-19(18-20)24-23(25)21-14-8-9-15-22(21)27-16-6-4-2/h8-9,11-15,18H,3-7,10,16-17H2,1-2H3,(H,24,25). The molecule has 0 unspecified atom stereocenters. The summed E-state index contributed by atoms with van der Waals surface area (Å²) >= 11 is 0. The summed E-state index contributed by atoms with van der Waals surface area (Å²) in [6, 6.07) is 14.9. The molecule has 0 atom stereocenters. The Kier molecular flexibility index (Phi) is 9.25. The van der Waals surface area contributed by atoms with Crippen molar-refractivity contribution in [1.29, 1.82) is 0 Å². The van der Waals surface area contributed by atoms with E-state index in [9.17, 15) is 4.79 Å². The quantitative estimate of drug-likeness (QED) is 0.461. The average molecular weight is 370 g/mol. The minimum atomic E-state index is -0.179. The van der Waals surface area contributed by atoms with Crippen LogP contribution in [0.3, 0.4) is 0 Å². The number of carbonyl (C=O) groups is 1. The molecule has 4 nitrogen and oxygen atoms in total. The van der Waals surface area contributed by atoms with Crippen LogP contribution in [-0.2, 0) is 0 Å². The summed E-state index contributed by atoms with van der Waals surface area (Å²) in [5, 5.41) is 2.94. The molecule has 0 bridgehead atoms. The van der Waals surface area contributed by atoms with E-state index in [2.05, 4.69) is 19.2 Å².